The summed E-state index contributed by atoms with van der Waals surface area (Å²) >= 11 is 1.46. The largest absolute Gasteiger partial charge is 0.498 e. The molecule has 0 unspecified atom stereocenters. The number of benzene rings is 1. The fraction of sp³-hybridized carbons (Fsp3) is 0.571. The molecule has 0 aliphatic carbocycles. The van der Waals surface area contributed by atoms with E-state index in [9.17, 15) is 9.59 Å². The lowest BCUT2D eigenvalue weighted by molar-refractivity contribution is -0.134. The topological polar surface area (TPSA) is 73.9 Å². The Morgan fingerprint density at radius 3 is 2.11 bits per heavy atom. The Balaban J connectivity index is 1.94. The monoisotopic (exact) mass is 513 g/mol. The molecule has 1 fully saturated rings. The molecule has 0 atom stereocenters. The van der Waals surface area contributed by atoms with Gasteiger partial charge in [-0.15, -0.1) is 11.3 Å². The lowest BCUT2D eigenvalue weighted by Gasteiger charge is -2.32. The third-order valence-electron chi connectivity index (χ3n) is 6.66. The molecule has 1 aliphatic rings. The van der Waals surface area contributed by atoms with Gasteiger partial charge < -0.3 is 19.4 Å². The third kappa shape index (κ3) is 6.58. The van der Waals surface area contributed by atoms with Crippen molar-refractivity contribution in [2.45, 2.75) is 98.7 Å². The van der Waals surface area contributed by atoms with Gasteiger partial charge in [-0.05, 0) is 63.1 Å². The number of hydrogen-bond acceptors (Lipinski definition) is 6. The van der Waals surface area contributed by atoms with Crippen LogP contribution in [0, 0.1) is 5.41 Å². The van der Waals surface area contributed by atoms with E-state index >= 15 is 0 Å². The molecule has 1 aromatic heterocycles. The minimum absolute atomic E-state index is 0.00869. The number of thiophene rings is 1. The summed E-state index contributed by atoms with van der Waals surface area (Å²) in [5, 5.41) is 2.96. The Hall–Kier alpha value is -2.16. The maximum Gasteiger partial charge on any atom is 0.498 e. The van der Waals surface area contributed by atoms with E-state index in [0.29, 0.717) is 22.4 Å². The van der Waals surface area contributed by atoms with Crippen molar-refractivity contribution < 1.29 is 23.6 Å². The average Bonchev–Trinajstić information content (AvgIpc) is 3.30. The molecule has 1 aromatic carbocycles. The number of carbonyl (C=O) groups excluding carboxylic acids is 2. The van der Waals surface area contributed by atoms with Crippen LogP contribution in [0.15, 0.2) is 30.3 Å². The number of rotatable bonds is 6. The molecule has 36 heavy (non-hydrogen) atoms. The molecule has 3 rings (SSSR count). The van der Waals surface area contributed by atoms with E-state index in [2.05, 4.69) is 46.9 Å². The fourth-order valence-electron chi connectivity index (χ4n) is 3.61. The van der Waals surface area contributed by atoms with Gasteiger partial charge in [-0.2, -0.15) is 0 Å². The van der Waals surface area contributed by atoms with Crippen LogP contribution in [0.3, 0.4) is 0 Å². The fourth-order valence-corrected chi connectivity index (χ4v) is 4.57. The molecule has 0 radical (unpaired) electrons. The first-order chi connectivity index (χ1) is 16.4. The second-order valence-corrected chi connectivity index (χ2v) is 13.8. The van der Waals surface area contributed by atoms with Crippen LogP contribution >= 0.6 is 11.3 Å². The van der Waals surface area contributed by atoms with Crippen molar-refractivity contribution in [3.63, 3.8) is 0 Å². The molecule has 2 aromatic rings. The molecule has 8 heteroatoms. The van der Waals surface area contributed by atoms with Crippen molar-refractivity contribution in [2.24, 2.45) is 5.41 Å². The van der Waals surface area contributed by atoms with Crippen molar-refractivity contribution in [3.8, 4) is 5.75 Å². The number of carbonyl (C=O) groups is 2. The van der Waals surface area contributed by atoms with Crippen LogP contribution in [0.4, 0.5) is 5.69 Å². The smallest absolute Gasteiger partial charge is 0.425 e. The molecule has 0 spiro atoms. The first kappa shape index (κ1) is 28.4. The van der Waals surface area contributed by atoms with E-state index in [1.807, 2.05) is 45.9 Å². The summed E-state index contributed by atoms with van der Waals surface area (Å²) < 4.78 is 18.4. The minimum atomic E-state index is -0.744. The zero-order chi connectivity index (χ0) is 27.1. The quantitative estimate of drug-likeness (QED) is 0.278. The van der Waals surface area contributed by atoms with Gasteiger partial charge in [0, 0.05) is 16.8 Å². The zero-order valence-corrected chi connectivity index (χ0v) is 24.1. The molecular formula is C28H40BNO5S. The van der Waals surface area contributed by atoms with E-state index in [4.69, 9.17) is 14.0 Å². The van der Waals surface area contributed by atoms with Gasteiger partial charge in [0.1, 0.15) is 0 Å². The van der Waals surface area contributed by atoms with Crippen LogP contribution < -0.4 is 15.5 Å². The van der Waals surface area contributed by atoms with Crippen molar-refractivity contribution in [1.29, 1.82) is 0 Å². The number of hydrogen-bond donors (Lipinski definition) is 1. The Kier molecular flexibility index (Phi) is 7.86. The van der Waals surface area contributed by atoms with Gasteiger partial charge in [0.25, 0.3) is 5.91 Å². The molecule has 0 saturated carbocycles. The van der Waals surface area contributed by atoms with Crippen LogP contribution in [0.1, 0.15) is 96.6 Å². The highest BCUT2D eigenvalue weighted by Gasteiger charge is 2.52. The molecule has 2 heterocycles. The van der Waals surface area contributed by atoms with E-state index < -0.39 is 18.3 Å². The highest BCUT2D eigenvalue weighted by Crippen LogP contribution is 2.38. The van der Waals surface area contributed by atoms with Crippen LogP contribution in [0.25, 0.3) is 0 Å². The Bertz CT molecular complexity index is 1110. The minimum Gasteiger partial charge on any atom is -0.425 e. The van der Waals surface area contributed by atoms with E-state index in [1.165, 1.54) is 11.3 Å². The lowest BCUT2D eigenvalue weighted by Crippen LogP contribution is -2.41. The molecule has 1 amide bonds. The summed E-state index contributed by atoms with van der Waals surface area (Å²) in [6.45, 7) is 20.5. The van der Waals surface area contributed by atoms with Gasteiger partial charge in [-0.25, -0.2) is 0 Å². The second kappa shape index (κ2) is 9.95. The third-order valence-corrected chi connectivity index (χ3v) is 8.17. The predicted octanol–water partition coefficient (Wildman–Crippen LogP) is 6.33. The van der Waals surface area contributed by atoms with Gasteiger partial charge >= 0.3 is 13.1 Å². The number of anilines is 1. The summed E-state index contributed by atoms with van der Waals surface area (Å²) in [7, 11) is -0.744. The van der Waals surface area contributed by atoms with Crippen LogP contribution in [-0.4, -0.2) is 30.2 Å². The molecule has 1 aliphatic heterocycles. The normalized spacial score (nSPS) is 17.2. The summed E-state index contributed by atoms with van der Waals surface area (Å²) in [6.07, 6.45) is 0.936. The van der Waals surface area contributed by atoms with Crippen LogP contribution in [0.5, 0.6) is 5.75 Å². The van der Waals surface area contributed by atoms with E-state index in [0.717, 1.165) is 4.88 Å². The van der Waals surface area contributed by atoms with Gasteiger partial charge in [0.15, 0.2) is 5.75 Å². The molecule has 1 saturated heterocycles. The molecule has 6 nitrogen and oxygen atoms in total. The first-order valence-electron chi connectivity index (χ1n) is 12.5. The summed E-state index contributed by atoms with van der Waals surface area (Å²) in [6, 6.07) is 9.16. The number of esters is 1. The standard InChI is InChI=1S/C28H40BNO5S/c1-25(2,3)17-16-22(31)33-23-18(29-34-27(7,8)28(9,10)35-29)12-11-13-19(23)30-24(32)20-14-15-21(36-20)26(4,5)6/h11-15H,16-17H2,1-10H3,(H,30,32). The average molecular weight is 514 g/mol. The molecule has 0 bridgehead atoms. The second-order valence-electron chi connectivity index (χ2n) is 12.7. The van der Waals surface area contributed by atoms with Gasteiger partial charge in [-0.1, -0.05) is 53.7 Å². The summed E-state index contributed by atoms with van der Waals surface area (Å²) in [5.74, 6) is -0.361. The SMILES string of the molecule is CC(C)(C)CCC(=O)Oc1c(NC(=O)c2ccc(C(C)(C)C)s2)cccc1B1OC(C)(C)C(C)(C)O1. The van der Waals surface area contributed by atoms with Gasteiger partial charge in [0.2, 0.25) is 0 Å². The Morgan fingerprint density at radius 1 is 0.972 bits per heavy atom. The molecule has 196 valence electrons. The Morgan fingerprint density at radius 2 is 1.58 bits per heavy atom. The van der Waals surface area contributed by atoms with Crippen LogP contribution in [0.2, 0.25) is 0 Å². The maximum absolute atomic E-state index is 13.2. The number of amides is 1. The zero-order valence-electron chi connectivity index (χ0n) is 23.3. The van der Waals surface area contributed by atoms with Crippen LogP contribution in [-0.2, 0) is 19.5 Å². The predicted molar refractivity (Wildman–Crippen MR) is 147 cm³/mol. The van der Waals surface area contributed by atoms with Gasteiger partial charge in [-0.3, -0.25) is 9.59 Å². The van der Waals surface area contributed by atoms with Crippen molar-refractivity contribution in [1.82, 2.24) is 0 Å². The number of para-hydroxylation sites is 1. The molecule has 1 N–H and O–H groups in total. The number of nitrogens with one attached hydrogen (secondary N) is 1. The Labute approximate surface area is 220 Å². The molecular weight excluding hydrogens is 473 g/mol. The van der Waals surface area contributed by atoms with Crippen molar-refractivity contribution >= 4 is 41.5 Å². The van der Waals surface area contributed by atoms with Gasteiger partial charge in [0.05, 0.1) is 21.8 Å². The highest BCUT2D eigenvalue weighted by molar-refractivity contribution is 7.14. The van der Waals surface area contributed by atoms with E-state index in [-0.39, 0.29) is 34.9 Å². The highest BCUT2D eigenvalue weighted by atomic mass is 32.1. The first-order valence-corrected chi connectivity index (χ1v) is 13.3. The number of ether oxygens (including phenoxy) is 1. The summed E-state index contributed by atoms with van der Waals surface area (Å²) in [5.41, 5.74) is -0.215. The summed E-state index contributed by atoms with van der Waals surface area (Å²) in [4.78, 5) is 27.8. The van der Waals surface area contributed by atoms with Crippen molar-refractivity contribution in [2.75, 3.05) is 5.32 Å². The lowest BCUT2D eigenvalue weighted by atomic mass is 9.78. The van der Waals surface area contributed by atoms with Crippen molar-refractivity contribution in [3.05, 3.63) is 40.1 Å². The maximum atomic E-state index is 13.2. The van der Waals surface area contributed by atoms with E-state index in [1.54, 1.807) is 12.1 Å².